The molecule has 0 aliphatic carbocycles. The third-order valence-electron chi connectivity index (χ3n) is 5.79. The SMILES string of the molecule is O=C(/C=C/c1ccc(ONc2ccc(C(=O)Nc3ccc(Cl)c(-c4nc5ccccc5[nH]4)c3)c(Cl)c2)cc1)NO. The second-order valence-electron chi connectivity index (χ2n) is 8.53. The van der Waals surface area contributed by atoms with Crippen molar-refractivity contribution >= 4 is 63.5 Å². The van der Waals surface area contributed by atoms with Crippen molar-refractivity contribution in [3.05, 3.63) is 112 Å². The van der Waals surface area contributed by atoms with E-state index in [9.17, 15) is 9.59 Å². The van der Waals surface area contributed by atoms with Gasteiger partial charge in [-0.05, 0) is 72.3 Å². The third kappa shape index (κ3) is 6.24. The van der Waals surface area contributed by atoms with Crippen LogP contribution in [0.25, 0.3) is 28.5 Å². The van der Waals surface area contributed by atoms with E-state index >= 15 is 0 Å². The van der Waals surface area contributed by atoms with Crippen LogP contribution in [0, 0.1) is 0 Å². The summed E-state index contributed by atoms with van der Waals surface area (Å²) in [5.41, 5.74) is 8.72. The largest absolute Gasteiger partial charge is 0.382 e. The summed E-state index contributed by atoms with van der Waals surface area (Å²) >= 11 is 12.8. The number of imidazole rings is 1. The van der Waals surface area contributed by atoms with E-state index in [2.05, 4.69) is 20.8 Å². The lowest BCUT2D eigenvalue weighted by Gasteiger charge is -2.12. The van der Waals surface area contributed by atoms with Crippen LogP contribution in [0.5, 0.6) is 5.75 Å². The predicted molar refractivity (Wildman–Crippen MR) is 156 cm³/mol. The Morgan fingerprint density at radius 1 is 0.900 bits per heavy atom. The molecule has 40 heavy (non-hydrogen) atoms. The molecule has 11 heteroatoms. The fourth-order valence-electron chi connectivity index (χ4n) is 3.80. The number of hydrogen-bond acceptors (Lipinski definition) is 6. The fourth-order valence-corrected chi connectivity index (χ4v) is 4.27. The first kappa shape index (κ1) is 26.8. The van der Waals surface area contributed by atoms with Crippen LogP contribution in [0.3, 0.4) is 0 Å². The summed E-state index contributed by atoms with van der Waals surface area (Å²) in [6, 6.07) is 24.5. The van der Waals surface area contributed by atoms with Crippen molar-refractivity contribution in [1.82, 2.24) is 15.4 Å². The Balaban J connectivity index is 1.23. The number of aromatic nitrogens is 2. The number of aromatic amines is 1. The van der Waals surface area contributed by atoms with Gasteiger partial charge in [-0.25, -0.2) is 15.9 Å². The van der Waals surface area contributed by atoms with Crippen LogP contribution >= 0.6 is 23.2 Å². The summed E-state index contributed by atoms with van der Waals surface area (Å²) < 4.78 is 0. The van der Waals surface area contributed by atoms with Gasteiger partial charge in [-0.3, -0.25) is 14.8 Å². The Hall–Kier alpha value is -4.83. The number of nitrogens with one attached hydrogen (secondary N) is 4. The van der Waals surface area contributed by atoms with Gasteiger partial charge in [0.25, 0.3) is 11.8 Å². The van der Waals surface area contributed by atoms with E-state index in [0.29, 0.717) is 33.5 Å². The first-order valence-electron chi connectivity index (χ1n) is 11.9. The standard InChI is InChI=1S/C29H21Cl2N5O4/c30-23-13-9-18(15-22(23)28-33-25-3-1-2-4-26(25)34-28)32-29(38)21-12-8-19(16-24(21)31)36-40-20-10-5-17(6-11-20)7-14-27(37)35-39/h1-16,36,39H,(H,32,38)(H,33,34)(H,35,37)/b14-7+. The number of hydroxylamine groups is 1. The Morgan fingerprint density at radius 3 is 2.42 bits per heavy atom. The van der Waals surface area contributed by atoms with E-state index in [1.54, 1.807) is 60.7 Å². The molecule has 0 saturated heterocycles. The number of nitrogens with zero attached hydrogens (tertiary/aromatic N) is 1. The molecule has 200 valence electrons. The molecule has 4 aromatic carbocycles. The van der Waals surface area contributed by atoms with Crippen LogP contribution in [0.2, 0.25) is 10.0 Å². The number of H-pyrrole nitrogens is 1. The number of rotatable bonds is 8. The Bertz CT molecular complexity index is 1700. The first-order chi connectivity index (χ1) is 19.4. The molecule has 9 nitrogen and oxygen atoms in total. The van der Waals surface area contributed by atoms with Gasteiger partial charge in [0.05, 0.1) is 32.3 Å². The molecule has 0 aliphatic heterocycles. The third-order valence-corrected chi connectivity index (χ3v) is 6.43. The predicted octanol–water partition coefficient (Wildman–Crippen LogP) is 6.71. The molecule has 0 unspecified atom stereocenters. The second-order valence-corrected chi connectivity index (χ2v) is 9.34. The van der Waals surface area contributed by atoms with Crippen molar-refractivity contribution in [3.8, 4) is 17.1 Å². The van der Waals surface area contributed by atoms with Crippen molar-refractivity contribution in [2.24, 2.45) is 0 Å². The maximum absolute atomic E-state index is 13.0. The van der Waals surface area contributed by atoms with Gasteiger partial charge in [0.15, 0.2) is 5.75 Å². The van der Waals surface area contributed by atoms with Crippen molar-refractivity contribution in [2.45, 2.75) is 0 Å². The van der Waals surface area contributed by atoms with E-state index in [4.69, 9.17) is 33.2 Å². The summed E-state index contributed by atoms with van der Waals surface area (Å²) in [5, 5.41) is 12.1. The van der Waals surface area contributed by atoms with Gasteiger partial charge >= 0.3 is 0 Å². The minimum Gasteiger partial charge on any atom is -0.382 e. The molecule has 0 spiro atoms. The topological polar surface area (TPSA) is 128 Å². The Morgan fingerprint density at radius 2 is 1.68 bits per heavy atom. The number of benzene rings is 4. The number of fused-ring (bicyclic) bond motifs is 1. The van der Waals surface area contributed by atoms with E-state index in [1.165, 1.54) is 17.6 Å². The zero-order valence-electron chi connectivity index (χ0n) is 20.6. The van der Waals surface area contributed by atoms with E-state index in [0.717, 1.165) is 16.6 Å². The normalized spacial score (nSPS) is 11.0. The number of carbonyl (C=O) groups is 2. The van der Waals surface area contributed by atoms with Gasteiger partial charge in [-0.1, -0.05) is 47.5 Å². The number of hydrogen-bond donors (Lipinski definition) is 5. The molecule has 0 aliphatic rings. The highest BCUT2D eigenvalue weighted by atomic mass is 35.5. The lowest BCUT2D eigenvalue weighted by molar-refractivity contribution is -0.124. The van der Waals surface area contributed by atoms with Gasteiger partial charge in [0, 0.05) is 17.3 Å². The van der Waals surface area contributed by atoms with Crippen molar-refractivity contribution in [1.29, 1.82) is 0 Å². The van der Waals surface area contributed by atoms with Crippen LogP contribution in [-0.4, -0.2) is 27.0 Å². The molecule has 1 aromatic heterocycles. The molecule has 5 rings (SSSR count). The lowest BCUT2D eigenvalue weighted by atomic mass is 10.1. The van der Waals surface area contributed by atoms with E-state index < -0.39 is 11.8 Å². The first-order valence-corrected chi connectivity index (χ1v) is 12.7. The van der Waals surface area contributed by atoms with Crippen molar-refractivity contribution in [2.75, 3.05) is 10.8 Å². The van der Waals surface area contributed by atoms with Gasteiger partial charge in [-0.2, -0.15) is 0 Å². The summed E-state index contributed by atoms with van der Waals surface area (Å²) in [6.45, 7) is 0. The molecule has 0 atom stereocenters. The van der Waals surface area contributed by atoms with Crippen LogP contribution in [-0.2, 0) is 4.79 Å². The molecule has 1 heterocycles. The zero-order chi connectivity index (χ0) is 28.1. The van der Waals surface area contributed by atoms with Crippen LogP contribution in [0.4, 0.5) is 11.4 Å². The molecule has 5 N–H and O–H groups in total. The maximum atomic E-state index is 13.0. The summed E-state index contributed by atoms with van der Waals surface area (Å²) in [7, 11) is 0. The second kappa shape index (κ2) is 11.9. The summed E-state index contributed by atoms with van der Waals surface area (Å²) in [5.74, 6) is 0.0751. The van der Waals surface area contributed by atoms with Crippen LogP contribution in [0.1, 0.15) is 15.9 Å². The van der Waals surface area contributed by atoms with E-state index in [1.807, 2.05) is 24.3 Å². The monoisotopic (exact) mass is 573 g/mol. The summed E-state index contributed by atoms with van der Waals surface area (Å²) in [6.07, 6.45) is 2.73. The minimum absolute atomic E-state index is 0.222. The highest BCUT2D eigenvalue weighted by Gasteiger charge is 2.14. The highest BCUT2D eigenvalue weighted by molar-refractivity contribution is 6.35. The van der Waals surface area contributed by atoms with Gasteiger partial charge in [-0.15, -0.1) is 0 Å². The quantitative estimate of drug-likeness (QED) is 0.0796. The fraction of sp³-hybridized carbons (Fsp3) is 0. The number of anilines is 2. The maximum Gasteiger partial charge on any atom is 0.267 e. The number of para-hydroxylation sites is 2. The number of halogens is 2. The molecule has 0 fully saturated rings. The van der Waals surface area contributed by atoms with Crippen LogP contribution in [0.15, 0.2) is 91.0 Å². The molecule has 5 aromatic rings. The van der Waals surface area contributed by atoms with Crippen molar-refractivity contribution < 1.29 is 19.6 Å². The lowest BCUT2D eigenvalue weighted by Crippen LogP contribution is -2.14. The van der Waals surface area contributed by atoms with Gasteiger partial charge in [0.1, 0.15) is 5.82 Å². The molecule has 0 bridgehead atoms. The number of amides is 2. The molecule has 0 saturated carbocycles. The average molecular weight is 574 g/mol. The molecular formula is C29H21Cl2N5O4. The summed E-state index contributed by atoms with van der Waals surface area (Å²) in [4.78, 5) is 37.5. The Kier molecular flexibility index (Phi) is 7.97. The van der Waals surface area contributed by atoms with Gasteiger partial charge < -0.3 is 15.1 Å². The number of carbonyl (C=O) groups excluding carboxylic acids is 2. The molecule has 2 amide bonds. The van der Waals surface area contributed by atoms with Crippen LogP contribution < -0.4 is 21.1 Å². The van der Waals surface area contributed by atoms with Crippen molar-refractivity contribution in [3.63, 3.8) is 0 Å². The zero-order valence-corrected chi connectivity index (χ0v) is 22.1. The average Bonchev–Trinajstić information content (AvgIpc) is 3.40. The van der Waals surface area contributed by atoms with E-state index in [-0.39, 0.29) is 10.6 Å². The molecule has 0 radical (unpaired) electrons. The highest BCUT2D eigenvalue weighted by Crippen LogP contribution is 2.31. The molecular weight excluding hydrogens is 553 g/mol. The smallest absolute Gasteiger partial charge is 0.267 e. The Labute approximate surface area is 238 Å². The van der Waals surface area contributed by atoms with Gasteiger partial charge in [0.2, 0.25) is 0 Å². The minimum atomic E-state index is -0.628.